The zero-order chi connectivity index (χ0) is 19.2. The summed E-state index contributed by atoms with van der Waals surface area (Å²) in [5.41, 5.74) is 0.874. The number of carbonyl (C=O) groups excluding carboxylic acids is 2. The van der Waals surface area contributed by atoms with Crippen molar-refractivity contribution in [2.75, 3.05) is 11.9 Å². The maximum atomic E-state index is 12.4. The van der Waals surface area contributed by atoms with Gasteiger partial charge in [0.15, 0.2) is 5.82 Å². The minimum Gasteiger partial charge on any atom is -0.425 e. The van der Waals surface area contributed by atoms with Crippen LogP contribution in [0.2, 0.25) is 0 Å². The number of amides is 2. The Morgan fingerprint density at radius 2 is 1.89 bits per heavy atom. The lowest BCUT2D eigenvalue weighted by molar-refractivity contribution is -0.124. The second-order valence-electron chi connectivity index (χ2n) is 5.97. The first-order valence-electron chi connectivity index (χ1n) is 8.36. The van der Waals surface area contributed by atoms with Crippen LogP contribution in [0.3, 0.4) is 0 Å². The van der Waals surface area contributed by atoms with E-state index >= 15 is 0 Å². The predicted molar refractivity (Wildman–Crippen MR) is 94.8 cm³/mol. The van der Waals surface area contributed by atoms with Crippen molar-refractivity contribution in [2.45, 2.75) is 26.2 Å². The molecule has 0 aliphatic rings. The summed E-state index contributed by atoms with van der Waals surface area (Å²) in [6.45, 7) is 3.22. The molecule has 2 N–H and O–H groups in total. The highest BCUT2D eigenvalue weighted by molar-refractivity contribution is 5.93. The van der Waals surface area contributed by atoms with Gasteiger partial charge in [0.05, 0.1) is 12.5 Å². The molecule has 1 atom stereocenters. The van der Waals surface area contributed by atoms with E-state index in [1.807, 2.05) is 30.3 Å². The highest BCUT2D eigenvalue weighted by atomic mass is 16.5. The molecule has 1 unspecified atom stereocenters. The highest BCUT2D eigenvalue weighted by Gasteiger charge is 2.23. The molecular weight excluding hydrogens is 350 g/mol. The Balaban J connectivity index is 1.60. The van der Waals surface area contributed by atoms with Crippen molar-refractivity contribution in [3.05, 3.63) is 59.5 Å². The van der Waals surface area contributed by atoms with E-state index in [1.54, 1.807) is 19.9 Å². The topological polar surface area (TPSA) is 123 Å². The fourth-order valence-electron chi connectivity index (χ4n) is 2.53. The van der Waals surface area contributed by atoms with E-state index in [9.17, 15) is 9.59 Å². The Kier molecular flexibility index (Phi) is 5.60. The first-order chi connectivity index (χ1) is 13.0. The van der Waals surface area contributed by atoms with Gasteiger partial charge < -0.3 is 19.6 Å². The van der Waals surface area contributed by atoms with Crippen molar-refractivity contribution in [3.63, 3.8) is 0 Å². The first-order valence-corrected chi connectivity index (χ1v) is 8.36. The summed E-state index contributed by atoms with van der Waals surface area (Å²) in [4.78, 5) is 24.3. The van der Waals surface area contributed by atoms with Crippen molar-refractivity contribution in [3.8, 4) is 0 Å². The molecule has 2 aromatic heterocycles. The van der Waals surface area contributed by atoms with Gasteiger partial charge in [0, 0.05) is 19.4 Å². The molecule has 0 bridgehead atoms. The summed E-state index contributed by atoms with van der Waals surface area (Å²) in [5, 5.41) is 16.7. The third-order valence-electron chi connectivity index (χ3n) is 3.77. The molecule has 1 aromatic carbocycles. The summed E-state index contributed by atoms with van der Waals surface area (Å²) in [5.74, 6) is 0.552. The van der Waals surface area contributed by atoms with Crippen LogP contribution >= 0.6 is 0 Å². The van der Waals surface area contributed by atoms with Gasteiger partial charge in [0.25, 0.3) is 0 Å². The van der Waals surface area contributed by atoms with Crippen LogP contribution in [0.1, 0.15) is 35.4 Å². The number of hydrogen-bond donors (Lipinski definition) is 2. The Labute approximate surface area is 155 Å². The van der Waals surface area contributed by atoms with Crippen LogP contribution in [-0.2, 0) is 9.59 Å². The molecule has 9 nitrogen and oxygen atoms in total. The van der Waals surface area contributed by atoms with Crippen LogP contribution in [0.15, 0.2) is 45.3 Å². The number of anilines is 1. The van der Waals surface area contributed by atoms with Gasteiger partial charge in [-0.05, 0) is 12.5 Å². The number of benzene rings is 1. The number of nitrogens with zero attached hydrogens (tertiary/aromatic N) is 3. The molecule has 9 heteroatoms. The van der Waals surface area contributed by atoms with Gasteiger partial charge in [-0.2, -0.15) is 0 Å². The third-order valence-corrected chi connectivity index (χ3v) is 3.77. The average Bonchev–Trinajstić information content (AvgIpc) is 3.27. The maximum absolute atomic E-state index is 12.4. The quantitative estimate of drug-likeness (QED) is 0.652. The summed E-state index contributed by atoms with van der Waals surface area (Å²) in [6, 6.07) is 11.0. The molecule has 0 fully saturated rings. The predicted octanol–water partition coefficient (Wildman–Crippen LogP) is 1.95. The van der Waals surface area contributed by atoms with E-state index in [4.69, 9.17) is 8.94 Å². The van der Waals surface area contributed by atoms with Gasteiger partial charge in [0.2, 0.25) is 23.6 Å². The van der Waals surface area contributed by atoms with E-state index in [1.165, 1.54) is 0 Å². The lowest BCUT2D eigenvalue weighted by Gasteiger charge is -2.13. The number of aryl methyl sites for hydroxylation is 2. The minimum atomic E-state index is -0.401. The largest absolute Gasteiger partial charge is 0.425 e. The SMILES string of the molecule is Cc1cc(NC(=O)CNC(=O)CC(c2ccccc2)c2nnc(C)o2)no1. The molecule has 3 rings (SSSR count). The lowest BCUT2D eigenvalue weighted by atomic mass is 9.95. The lowest BCUT2D eigenvalue weighted by Crippen LogP contribution is -2.33. The van der Waals surface area contributed by atoms with E-state index < -0.39 is 11.8 Å². The summed E-state index contributed by atoms with van der Waals surface area (Å²) in [7, 11) is 0. The molecular formula is C18H19N5O4. The van der Waals surface area contributed by atoms with Crippen molar-refractivity contribution in [1.29, 1.82) is 0 Å². The van der Waals surface area contributed by atoms with E-state index in [-0.39, 0.29) is 18.9 Å². The number of hydrogen-bond acceptors (Lipinski definition) is 7. The third kappa shape index (κ3) is 5.00. The second-order valence-corrected chi connectivity index (χ2v) is 5.97. The standard InChI is InChI=1S/C18H19N5O4/c1-11-8-15(23-27-11)20-17(25)10-19-16(24)9-14(13-6-4-3-5-7-13)18-22-21-12(2)26-18/h3-8,14H,9-10H2,1-2H3,(H,19,24)(H,20,23,25). The number of aromatic nitrogens is 3. The van der Waals surface area contributed by atoms with Crippen LogP contribution in [0.25, 0.3) is 0 Å². The average molecular weight is 369 g/mol. The summed E-state index contributed by atoms with van der Waals surface area (Å²) >= 11 is 0. The van der Waals surface area contributed by atoms with Crippen LogP contribution in [0.4, 0.5) is 5.82 Å². The van der Waals surface area contributed by atoms with Crippen LogP contribution < -0.4 is 10.6 Å². The number of rotatable bonds is 7. The molecule has 0 radical (unpaired) electrons. The summed E-state index contributed by atoms with van der Waals surface area (Å²) in [6.07, 6.45) is 0.0714. The van der Waals surface area contributed by atoms with Crippen LogP contribution in [-0.4, -0.2) is 33.7 Å². The Bertz CT molecular complexity index is 919. The fourth-order valence-corrected chi connectivity index (χ4v) is 2.53. The van der Waals surface area contributed by atoms with Gasteiger partial charge in [-0.15, -0.1) is 10.2 Å². The van der Waals surface area contributed by atoms with Crippen molar-refractivity contribution >= 4 is 17.6 Å². The molecule has 2 heterocycles. The van der Waals surface area contributed by atoms with E-state index in [0.29, 0.717) is 23.4 Å². The summed E-state index contributed by atoms with van der Waals surface area (Å²) < 4.78 is 10.4. The van der Waals surface area contributed by atoms with Gasteiger partial charge in [-0.25, -0.2) is 0 Å². The fraction of sp³-hybridized carbons (Fsp3) is 0.278. The Morgan fingerprint density at radius 1 is 1.11 bits per heavy atom. The molecule has 140 valence electrons. The minimum absolute atomic E-state index is 0.0714. The smallest absolute Gasteiger partial charge is 0.245 e. The molecule has 27 heavy (non-hydrogen) atoms. The van der Waals surface area contributed by atoms with E-state index in [0.717, 1.165) is 5.56 Å². The van der Waals surface area contributed by atoms with Gasteiger partial charge >= 0.3 is 0 Å². The van der Waals surface area contributed by atoms with Crippen molar-refractivity contribution < 1.29 is 18.5 Å². The van der Waals surface area contributed by atoms with Crippen LogP contribution in [0, 0.1) is 13.8 Å². The highest BCUT2D eigenvalue weighted by Crippen LogP contribution is 2.26. The van der Waals surface area contributed by atoms with Crippen molar-refractivity contribution in [1.82, 2.24) is 20.7 Å². The monoisotopic (exact) mass is 369 g/mol. The Morgan fingerprint density at radius 3 is 2.52 bits per heavy atom. The molecule has 0 saturated carbocycles. The zero-order valence-corrected chi connectivity index (χ0v) is 14.9. The number of carbonyl (C=O) groups is 2. The van der Waals surface area contributed by atoms with E-state index in [2.05, 4.69) is 26.0 Å². The zero-order valence-electron chi connectivity index (χ0n) is 14.9. The van der Waals surface area contributed by atoms with Crippen LogP contribution in [0.5, 0.6) is 0 Å². The molecule has 3 aromatic rings. The molecule has 2 amide bonds. The number of nitrogens with one attached hydrogen (secondary N) is 2. The molecule has 0 aliphatic heterocycles. The Hall–Kier alpha value is -3.49. The maximum Gasteiger partial charge on any atom is 0.245 e. The first kappa shape index (κ1) is 18.3. The van der Waals surface area contributed by atoms with Gasteiger partial charge in [0.1, 0.15) is 5.76 Å². The van der Waals surface area contributed by atoms with Gasteiger partial charge in [-0.1, -0.05) is 35.5 Å². The molecule has 0 aliphatic carbocycles. The van der Waals surface area contributed by atoms with Crippen molar-refractivity contribution in [2.24, 2.45) is 0 Å². The van der Waals surface area contributed by atoms with Gasteiger partial charge in [-0.3, -0.25) is 9.59 Å². The molecule has 0 saturated heterocycles. The normalized spacial score (nSPS) is 11.8. The molecule has 0 spiro atoms. The second kappa shape index (κ2) is 8.26.